The maximum absolute atomic E-state index is 11.6. The molecular formula is C19H29N3O2. The number of likely N-dealkylation sites (tertiary alicyclic amines) is 1. The fourth-order valence-corrected chi connectivity index (χ4v) is 3.65. The standard InChI is InChI=1S/C19H29N3O2/c23-18(17-6-2-1-3-7-17)16-21-14-12-20(13-15-21)9-5-11-22-10-4-8-19(22)24/h1-3,6-7,18,23H,4-5,8-16H2/t18-/m0/s1. The van der Waals surface area contributed by atoms with Crippen LogP contribution in [0.25, 0.3) is 0 Å². The number of piperazine rings is 1. The minimum absolute atomic E-state index is 0.328. The van der Waals surface area contributed by atoms with Gasteiger partial charge < -0.3 is 14.9 Å². The van der Waals surface area contributed by atoms with Gasteiger partial charge in [-0.3, -0.25) is 9.69 Å². The average Bonchev–Trinajstić information content (AvgIpc) is 3.02. The molecule has 5 heteroatoms. The van der Waals surface area contributed by atoms with Crippen LogP contribution in [0.4, 0.5) is 0 Å². The van der Waals surface area contributed by atoms with Crippen molar-refractivity contribution in [3.63, 3.8) is 0 Å². The number of amides is 1. The first-order valence-corrected chi connectivity index (χ1v) is 9.18. The van der Waals surface area contributed by atoms with Gasteiger partial charge in [-0.1, -0.05) is 30.3 Å². The van der Waals surface area contributed by atoms with E-state index in [2.05, 4.69) is 9.80 Å². The zero-order valence-corrected chi connectivity index (χ0v) is 14.4. The highest BCUT2D eigenvalue weighted by Crippen LogP contribution is 2.15. The molecule has 0 radical (unpaired) electrons. The molecule has 2 aliphatic heterocycles. The third kappa shape index (κ3) is 4.79. The van der Waals surface area contributed by atoms with Gasteiger partial charge in [0.25, 0.3) is 0 Å². The molecule has 132 valence electrons. The summed E-state index contributed by atoms with van der Waals surface area (Å²) in [6.07, 6.45) is 2.43. The molecule has 24 heavy (non-hydrogen) atoms. The van der Waals surface area contributed by atoms with E-state index in [4.69, 9.17) is 0 Å². The maximum Gasteiger partial charge on any atom is 0.222 e. The molecule has 0 bridgehead atoms. The number of rotatable bonds is 7. The van der Waals surface area contributed by atoms with E-state index in [0.29, 0.717) is 12.5 Å². The van der Waals surface area contributed by atoms with Crippen molar-refractivity contribution >= 4 is 5.91 Å². The highest BCUT2D eigenvalue weighted by Gasteiger charge is 2.22. The lowest BCUT2D eigenvalue weighted by Crippen LogP contribution is -2.48. The molecule has 2 fully saturated rings. The van der Waals surface area contributed by atoms with E-state index in [0.717, 1.165) is 70.6 Å². The smallest absolute Gasteiger partial charge is 0.222 e. The number of hydrogen-bond acceptors (Lipinski definition) is 4. The number of carbonyl (C=O) groups is 1. The Morgan fingerprint density at radius 1 is 0.958 bits per heavy atom. The van der Waals surface area contributed by atoms with Gasteiger partial charge in [0.05, 0.1) is 6.10 Å². The lowest BCUT2D eigenvalue weighted by Gasteiger charge is -2.35. The molecule has 2 aliphatic rings. The predicted molar refractivity (Wildman–Crippen MR) is 94.7 cm³/mol. The van der Waals surface area contributed by atoms with Gasteiger partial charge >= 0.3 is 0 Å². The molecule has 2 heterocycles. The number of nitrogens with zero attached hydrogens (tertiary/aromatic N) is 3. The van der Waals surface area contributed by atoms with E-state index in [-0.39, 0.29) is 0 Å². The SMILES string of the molecule is O=C1CCCN1CCCN1CCN(C[C@H](O)c2ccccc2)CC1. The van der Waals surface area contributed by atoms with E-state index in [1.807, 2.05) is 35.2 Å². The number of β-amino-alcohol motifs (C(OH)–C–C–N with tert-alkyl or cyclic N) is 1. The van der Waals surface area contributed by atoms with Gasteiger partial charge in [0.15, 0.2) is 0 Å². The first-order valence-electron chi connectivity index (χ1n) is 9.18. The Kier molecular flexibility index (Phi) is 6.24. The Hall–Kier alpha value is -1.43. The summed E-state index contributed by atoms with van der Waals surface area (Å²) in [5, 5.41) is 10.3. The fraction of sp³-hybridized carbons (Fsp3) is 0.632. The Labute approximate surface area is 144 Å². The van der Waals surface area contributed by atoms with E-state index in [1.54, 1.807) is 0 Å². The summed E-state index contributed by atoms with van der Waals surface area (Å²) in [6.45, 7) is 7.75. The quantitative estimate of drug-likeness (QED) is 0.819. The van der Waals surface area contributed by atoms with Crippen molar-refractivity contribution in [2.45, 2.75) is 25.4 Å². The van der Waals surface area contributed by atoms with E-state index in [9.17, 15) is 9.90 Å². The number of aliphatic hydroxyl groups is 1. The van der Waals surface area contributed by atoms with Gasteiger partial charge in [-0.2, -0.15) is 0 Å². The minimum atomic E-state index is -0.404. The Balaban J connectivity index is 1.33. The molecule has 1 aromatic carbocycles. The molecular weight excluding hydrogens is 302 g/mol. The van der Waals surface area contributed by atoms with Gasteiger partial charge in [0.1, 0.15) is 0 Å². The topological polar surface area (TPSA) is 47.0 Å². The van der Waals surface area contributed by atoms with Crippen LogP contribution in [0.2, 0.25) is 0 Å². The van der Waals surface area contributed by atoms with Gasteiger partial charge in [0.2, 0.25) is 5.91 Å². The summed E-state index contributed by atoms with van der Waals surface area (Å²) < 4.78 is 0. The van der Waals surface area contributed by atoms with Crippen LogP contribution < -0.4 is 0 Å². The lowest BCUT2D eigenvalue weighted by molar-refractivity contribution is -0.127. The summed E-state index contributed by atoms with van der Waals surface area (Å²) in [6, 6.07) is 9.90. The second kappa shape index (κ2) is 8.60. The highest BCUT2D eigenvalue weighted by atomic mass is 16.3. The molecule has 0 aliphatic carbocycles. The summed E-state index contributed by atoms with van der Waals surface area (Å²) >= 11 is 0. The van der Waals surface area contributed by atoms with Crippen molar-refractivity contribution < 1.29 is 9.90 Å². The molecule has 1 atom stereocenters. The zero-order chi connectivity index (χ0) is 16.8. The van der Waals surface area contributed by atoms with Crippen LogP contribution in [0.1, 0.15) is 30.9 Å². The molecule has 1 N–H and O–H groups in total. The Morgan fingerprint density at radius 2 is 1.67 bits per heavy atom. The molecule has 0 spiro atoms. The van der Waals surface area contributed by atoms with Crippen molar-refractivity contribution in [3.05, 3.63) is 35.9 Å². The summed E-state index contributed by atoms with van der Waals surface area (Å²) in [7, 11) is 0. The molecule has 5 nitrogen and oxygen atoms in total. The third-order valence-corrected chi connectivity index (χ3v) is 5.15. The van der Waals surface area contributed by atoms with Gasteiger partial charge in [0, 0.05) is 52.2 Å². The lowest BCUT2D eigenvalue weighted by atomic mass is 10.1. The van der Waals surface area contributed by atoms with Crippen molar-refractivity contribution in [3.8, 4) is 0 Å². The third-order valence-electron chi connectivity index (χ3n) is 5.15. The molecule has 2 saturated heterocycles. The molecule has 0 aromatic heterocycles. The van der Waals surface area contributed by atoms with Crippen LogP contribution in [0.3, 0.4) is 0 Å². The molecule has 1 aromatic rings. The second-order valence-corrected chi connectivity index (χ2v) is 6.91. The molecule has 1 amide bonds. The summed E-state index contributed by atoms with van der Waals surface area (Å²) in [4.78, 5) is 18.4. The maximum atomic E-state index is 11.6. The first kappa shape index (κ1) is 17.4. The molecule has 0 unspecified atom stereocenters. The summed E-state index contributed by atoms with van der Waals surface area (Å²) in [5.74, 6) is 0.328. The zero-order valence-electron chi connectivity index (χ0n) is 14.4. The van der Waals surface area contributed by atoms with E-state index < -0.39 is 6.10 Å². The van der Waals surface area contributed by atoms with Crippen molar-refractivity contribution in [2.24, 2.45) is 0 Å². The highest BCUT2D eigenvalue weighted by molar-refractivity contribution is 5.77. The molecule has 3 rings (SSSR count). The van der Waals surface area contributed by atoms with Crippen LogP contribution >= 0.6 is 0 Å². The first-order chi connectivity index (χ1) is 11.7. The fourth-order valence-electron chi connectivity index (χ4n) is 3.65. The Morgan fingerprint density at radius 3 is 2.33 bits per heavy atom. The van der Waals surface area contributed by atoms with Gasteiger partial charge in [-0.25, -0.2) is 0 Å². The van der Waals surface area contributed by atoms with Crippen LogP contribution in [-0.4, -0.2) is 78.1 Å². The number of hydrogen-bond donors (Lipinski definition) is 1. The van der Waals surface area contributed by atoms with Crippen molar-refractivity contribution in [1.29, 1.82) is 0 Å². The number of benzene rings is 1. The largest absolute Gasteiger partial charge is 0.387 e. The van der Waals surface area contributed by atoms with Crippen LogP contribution in [0.15, 0.2) is 30.3 Å². The number of carbonyl (C=O) groups excluding carboxylic acids is 1. The van der Waals surface area contributed by atoms with E-state index in [1.165, 1.54) is 0 Å². The summed E-state index contributed by atoms with van der Waals surface area (Å²) in [5.41, 5.74) is 0.996. The Bertz CT molecular complexity index is 515. The normalized spacial score (nSPS) is 21.4. The molecule has 0 saturated carbocycles. The average molecular weight is 331 g/mol. The van der Waals surface area contributed by atoms with E-state index >= 15 is 0 Å². The van der Waals surface area contributed by atoms with Crippen molar-refractivity contribution in [1.82, 2.24) is 14.7 Å². The van der Waals surface area contributed by atoms with Gasteiger partial charge in [-0.15, -0.1) is 0 Å². The van der Waals surface area contributed by atoms with Gasteiger partial charge in [-0.05, 0) is 24.9 Å². The number of aliphatic hydroxyl groups excluding tert-OH is 1. The van der Waals surface area contributed by atoms with Crippen LogP contribution in [-0.2, 0) is 4.79 Å². The van der Waals surface area contributed by atoms with Crippen LogP contribution in [0.5, 0.6) is 0 Å². The van der Waals surface area contributed by atoms with Crippen molar-refractivity contribution in [2.75, 3.05) is 52.4 Å². The minimum Gasteiger partial charge on any atom is -0.387 e. The monoisotopic (exact) mass is 331 g/mol. The van der Waals surface area contributed by atoms with Crippen LogP contribution in [0, 0.1) is 0 Å². The second-order valence-electron chi connectivity index (χ2n) is 6.91. The predicted octanol–water partition coefficient (Wildman–Crippen LogP) is 1.35.